The van der Waals surface area contributed by atoms with Gasteiger partial charge < -0.3 is 16.4 Å². The number of anilines is 1. The van der Waals surface area contributed by atoms with E-state index in [9.17, 15) is 9.59 Å². The third-order valence-corrected chi connectivity index (χ3v) is 2.68. The molecule has 20 heavy (non-hydrogen) atoms. The summed E-state index contributed by atoms with van der Waals surface area (Å²) in [5.74, 6) is -0.184. The number of benzene rings is 1. The van der Waals surface area contributed by atoms with Crippen molar-refractivity contribution in [3.05, 3.63) is 29.8 Å². The van der Waals surface area contributed by atoms with E-state index in [1.165, 1.54) is 0 Å². The molecule has 4 N–H and O–H groups in total. The molecule has 5 nitrogen and oxygen atoms in total. The summed E-state index contributed by atoms with van der Waals surface area (Å²) in [7, 11) is 0. The highest BCUT2D eigenvalue weighted by molar-refractivity contribution is 5.95. The van der Waals surface area contributed by atoms with Crippen molar-refractivity contribution in [3.8, 4) is 0 Å². The summed E-state index contributed by atoms with van der Waals surface area (Å²) in [6.45, 7) is 5.69. The van der Waals surface area contributed by atoms with Crippen LogP contribution in [0, 0.1) is 0 Å². The number of hydrogen-bond donors (Lipinski definition) is 3. The van der Waals surface area contributed by atoms with Crippen LogP contribution in [0.4, 0.5) is 5.69 Å². The van der Waals surface area contributed by atoms with Gasteiger partial charge in [-0.15, -0.1) is 0 Å². The molecule has 2 amide bonds. The summed E-state index contributed by atoms with van der Waals surface area (Å²) < 4.78 is 0. The van der Waals surface area contributed by atoms with Crippen molar-refractivity contribution in [2.24, 2.45) is 5.73 Å². The molecule has 1 rings (SSSR count). The number of carbonyl (C=O) groups is 2. The topological polar surface area (TPSA) is 84.2 Å². The molecule has 0 aromatic heterocycles. The Labute approximate surface area is 119 Å². The van der Waals surface area contributed by atoms with Crippen LogP contribution in [0.3, 0.4) is 0 Å². The Hall–Kier alpha value is -1.88. The van der Waals surface area contributed by atoms with Crippen LogP contribution in [-0.2, 0) is 4.79 Å². The zero-order chi connectivity index (χ0) is 15.1. The Bertz CT molecular complexity index is 453. The minimum atomic E-state index is -0.116. The van der Waals surface area contributed by atoms with E-state index in [4.69, 9.17) is 5.73 Å². The van der Waals surface area contributed by atoms with E-state index in [0.29, 0.717) is 24.1 Å². The van der Waals surface area contributed by atoms with Crippen LogP contribution in [-0.4, -0.2) is 23.9 Å². The molecule has 0 heterocycles. The van der Waals surface area contributed by atoms with Crippen LogP contribution >= 0.6 is 0 Å². The summed E-state index contributed by atoms with van der Waals surface area (Å²) in [5, 5.41) is 5.59. The van der Waals surface area contributed by atoms with E-state index < -0.39 is 0 Å². The zero-order valence-corrected chi connectivity index (χ0v) is 12.3. The van der Waals surface area contributed by atoms with Gasteiger partial charge in [0, 0.05) is 29.8 Å². The standard InChI is InChI=1S/C15H23N3O2/c1-10(2)17-15(20)12-5-7-13(8-6-12)18-14(19)9-4-11(3)16/h5-8,10-11H,4,9,16H2,1-3H3,(H,17,20)(H,18,19). The minimum absolute atomic E-state index is 0.0165. The van der Waals surface area contributed by atoms with Crippen molar-refractivity contribution in [3.63, 3.8) is 0 Å². The maximum atomic E-state index is 11.8. The van der Waals surface area contributed by atoms with E-state index in [2.05, 4.69) is 10.6 Å². The SMILES string of the molecule is CC(N)CCC(=O)Nc1ccc(C(=O)NC(C)C)cc1. The van der Waals surface area contributed by atoms with Gasteiger partial charge in [-0.3, -0.25) is 9.59 Å². The molecule has 0 aliphatic carbocycles. The first-order chi connectivity index (χ1) is 9.38. The molecule has 0 fully saturated rings. The first-order valence-corrected chi connectivity index (χ1v) is 6.85. The van der Waals surface area contributed by atoms with Crippen LogP contribution in [0.2, 0.25) is 0 Å². The lowest BCUT2D eigenvalue weighted by Crippen LogP contribution is -2.30. The number of nitrogens with one attached hydrogen (secondary N) is 2. The van der Waals surface area contributed by atoms with Crippen molar-refractivity contribution < 1.29 is 9.59 Å². The van der Waals surface area contributed by atoms with Crippen molar-refractivity contribution in [1.29, 1.82) is 0 Å². The van der Waals surface area contributed by atoms with Gasteiger partial charge in [0.2, 0.25) is 5.91 Å². The van der Waals surface area contributed by atoms with Gasteiger partial charge in [-0.2, -0.15) is 0 Å². The monoisotopic (exact) mass is 277 g/mol. The van der Waals surface area contributed by atoms with E-state index >= 15 is 0 Å². The summed E-state index contributed by atoms with van der Waals surface area (Å²) in [5.41, 5.74) is 6.86. The van der Waals surface area contributed by atoms with Gasteiger partial charge in [0.15, 0.2) is 0 Å². The Morgan fingerprint density at radius 1 is 1.15 bits per heavy atom. The van der Waals surface area contributed by atoms with Crippen LogP contribution in [0.15, 0.2) is 24.3 Å². The van der Waals surface area contributed by atoms with E-state index in [1.807, 2.05) is 20.8 Å². The van der Waals surface area contributed by atoms with Gasteiger partial charge in [0.1, 0.15) is 0 Å². The molecule has 0 aliphatic rings. The Balaban J connectivity index is 2.54. The van der Waals surface area contributed by atoms with Crippen LogP contribution < -0.4 is 16.4 Å². The largest absolute Gasteiger partial charge is 0.350 e. The van der Waals surface area contributed by atoms with Crippen LogP contribution in [0.1, 0.15) is 44.0 Å². The van der Waals surface area contributed by atoms with Crippen LogP contribution in [0.5, 0.6) is 0 Å². The summed E-state index contributed by atoms with van der Waals surface area (Å²) in [6, 6.07) is 6.94. The van der Waals surface area contributed by atoms with Gasteiger partial charge in [0.25, 0.3) is 5.91 Å². The second-order valence-electron chi connectivity index (χ2n) is 5.27. The first kappa shape index (κ1) is 16.2. The molecule has 0 radical (unpaired) electrons. The van der Waals surface area contributed by atoms with E-state index in [1.54, 1.807) is 24.3 Å². The molecule has 1 unspecified atom stereocenters. The second-order valence-corrected chi connectivity index (χ2v) is 5.27. The quantitative estimate of drug-likeness (QED) is 0.742. The molecule has 0 aliphatic heterocycles. The van der Waals surface area contributed by atoms with Crippen LogP contribution in [0.25, 0.3) is 0 Å². The third-order valence-electron chi connectivity index (χ3n) is 2.68. The summed E-state index contributed by atoms with van der Waals surface area (Å²) in [6.07, 6.45) is 1.05. The molecule has 1 aromatic rings. The smallest absolute Gasteiger partial charge is 0.251 e. The third kappa shape index (κ3) is 5.84. The van der Waals surface area contributed by atoms with Gasteiger partial charge >= 0.3 is 0 Å². The minimum Gasteiger partial charge on any atom is -0.350 e. The predicted octanol–water partition coefficient (Wildman–Crippen LogP) is 1.89. The summed E-state index contributed by atoms with van der Waals surface area (Å²) >= 11 is 0. The Morgan fingerprint density at radius 3 is 2.25 bits per heavy atom. The van der Waals surface area contributed by atoms with Gasteiger partial charge in [0.05, 0.1) is 0 Å². The lowest BCUT2D eigenvalue weighted by Gasteiger charge is -2.10. The number of hydrogen-bond acceptors (Lipinski definition) is 3. The second kappa shape index (κ2) is 7.65. The molecule has 0 bridgehead atoms. The lowest BCUT2D eigenvalue weighted by molar-refractivity contribution is -0.116. The highest BCUT2D eigenvalue weighted by atomic mass is 16.2. The molecule has 110 valence electrons. The molecule has 1 aromatic carbocycles. The fourth-order valence-corrected chi connectivity index (χ4v) is 1.63. The number of rotatable bonds is 6. The number of nitrogens with two attached hydrogens (primary N) is 1. The fourth-order valence-electron chi connectivity index (χ4n) is 1.63. The highest BCUT2D eigenvalue weighted by Crippen LogP contribution is 2.10. The fraction of sp³-hybridized carbons (Fsp3) is 0.467. The molecular formula is C15H23N3O2. The van der Waals surface area contributed by atoms with Crippen molar-refractivity contribution >= 4 is 17.5 Å². The van der Waals surface area contributed by atoms with Gasteiger partial charge in [-0.25, -0.2) is 0 Å². The van der Waals surface area contributed by atoms with Crippen molar-refractivity contribution in [2.45, 2.75) is 45.7 Å². The van der Waals surface area contributed by atoms with E-state index in [-0.39, 0.29) is 23.9 Å². The number of carbonyl (C=O) groups excluding carboxylic acids is 2. The molecule has 5 heteroatoms. The lowest BCUT2D eigenvalue weighted by atomic mass is 10.1. The Morgan fingerprint density at radius 2 is 1.75 bits per heavy atom. The average molecular weight is 277 g/mol. The van der Waals surface area contributed by atoms with E-state index in [0.717, 1.165) is 0 Å². The molecule has 1 atom stereocenters. The molecule has 0 saturated heterocycles. The molecule has 0 spiro atoms. The number of amides is 2. The van der Waals surface area contributed by atoms with Gasteiger partial charge in [-0.05, 0) is 51.5 Å². The Kier molecular flexibility index (Phi) is 6.18. The maximum Gasteiger partial charge on any atom is 0.251 e. The first-order valence-electron chi connectivity index (χ1n) is 6.85. The zero-order valence-electron chi connectivity index (χ0n) is 12.3. The average Bonchev–Trinajstić information content (AvgIpc) is 2.36. The van der Waals surface area contributed by atoms with Crippen molar-refractivity contribution in [2.75, 3.05) is 5.32 Å². The highest BCUT2D eigenvalue weighted by Gasteiger charge is 2.08. The van der Waals surface area contributed by atoms with Gasteiger partial charge in [-0.1, -0.05) is 0 Å². The summed E-state index contributed by atoms with van der Waals surface area (Å²) in [4.78, 5) is 23.4. The van der Waals surface area contributed by atoms with Crippen molar-refractivity contribution in [1.82, 2.24) is 5.32 Å². The molecular weight excluding hydrogens is 254 g/mol. The predicted molar refractivity (Wildman–Crippen MR) is 80.6 cm³/mol. The molecule has 0 saturated carbocycles. The normalized spacial score (nSPS) is 12.1. The maximum absolute atomic E-state index is 11.8.